The molecule has 0 amide bonds. The fourth-order valence-electron chi connectivity index (χ4n) is 2.50. The quantitative estimate of drug-likeness (QED) is 0.413. The summed E-state index contributed by atoms with van der Waals surface area (Å²) in [5, 5.41) is 36.0. The smallest absolute Gasteiger partial charge is 0.335 e. The average Bonchev–Trinajstić information content (AvgIpc) is 3.19. The van der Waals surface area contributed by atoms with Gasteiger partial charge >= 0.3 is 11.9 Å². The molecule has 2 heterocycles. The summed E-state index contributed by atoms with van der Waals surface area (Å²) in [5.41, 5.74) is 0. The summed E-state index contributed by atoms with van der Waals surface area (Å²) in [6, 6.07) is 4.38. The first kappa shape index (κ1) is 19.0. The lowest BCUT2D eigenvalue weighted by Gasteiger charge is -2.14. The van der Waals surface area contributed by atoms with Gasteiger partial charge in [-0.1, -0.05) is 0 Å². The molecule has 25 heavy (non-hydrogen) atoms. The molecule has 1 aliphatic carbocycles. The SMILES string of the molecule is Fc1ncccc1OCC1CC2CC2N1.O=C(O)C(O)C(O)C(=O)O. The van der Waals surface area contributed by atoms with E-state index in [-0.39, 0.29) is 5.75 Å². The van der Waals surface area contributed by atoms with Crippen LogP contribution in [0.25, 0.3) is 0 Å². The average molecular weight is 358 g/mol. The van der Waals surface area contributed by atoms with E-state index in [2.05, 4.69) is 10.3 Å². The zero-order valence-corrected chi connectivity index (χ0v) is 13.1. The summed E-state index contributed by atoms with van der Waals surface area (Å²) >= 11 is 0. The first-order valence-electron chi connectivity index (χ1n) is 7.60. The first-order valence-corrected chi connectivity index (χ1v) is 7.60. The van der Waals surface area contributed by atoms with E-state index in [1.54, 1.807) is 12.1 Å². The van der Waals surface area contributed by atoms with Crippen molar-refractivity contribution in [1.29, 1.82) is 0 Å². The molecule has 1 aromatic rings. The predicted octanol–water partition coefficient (Wildman–Crippen LogP) is -0.773. The summed E-state index contributed by atoms with van der Waals surface area (Å²) in [5.74, 6) is -2.97. The van der Waals surface area contributed by atoms with Gasteiger partial charge in [0.1, 0.15) is 6.61 Å². The van der Waals surface area contributed by atoms with Crippen LogP contribution in [-0.2, 0) is 9.59 Å². The number of piperidine rings is 1. The van der Waals surface area contributed by atoms with Gasteiger partial charge in [-0.2, -0.15) is 4.39 Å². The molecular weight excluding hydrogens is 339 g/mol. The number of carboxylic acids is 2. The van der Waals surface area contributed by atoms with Crippen molar-refractivity contribution in [3.8, 4) is 5.75 Å². The Balaban J connectivity index is 0.000000199. The topological polar surface area (TPSA) is 149 Å². The molecule has 1 aliphatic heterocycles. The van der Waals surface area contributed by atoms with E-state index < -0.39 is 30.1 Å². The van der Waals surface area contributed by atoms with Gasteiger partial charge in [-0.05, 0) is 30.9 Å². The maximum Gasteiger partial charge on any atom is 0.335 e. The van der Waals surface area contributed by atoms with Crippen molar-refractivity contribution in [1.82, 2.24) is 10.3 Å². The fourth-order valence-corrected chi connectivity index (χ4v) is 2.50. The van der Waals surface area contributed by atoms with Crippen LogP contribution in [0, 0.1) is 11.9 Å². The third-order valence-corrected chi connectivity index (χ3v) is 3.93. The van der Waals surface area contributed by atoms with Gasteiger partial charge in [0, 0.05) is 18.3 Å². The molecule has 1 saturated heterocycles. The van der Waals surface area contributed by atoms with Crippen molar-refractivity contribution >= 4 is 11.9 Å². The van der Waals surface area contributed by atoms with E-state index in [0.29, 0.717) is 18.7 Å². The van der Waals surface area contributed by atoms with Gasteiger partial charge in [-0.3, -0.25) is 0 Å². The molecule has 0 aromatic carbocycles. The number of nitrogens with one attached hydrogen (secondary N) is 1. The number of carbonyl (C=O) groups is 2. The number of aromatic nitrogens is 1. The lowest BCUT2D eigenvalue weighted by molar-refractivity contribution is -0.165. The van der Waals surface area contributed by atoms with Crippen LogP contribution in [0.1, 0.15) is 12.8 Å². The van der Waals surface area contributed by atoms with Crippen molar-refractivity contribution in [2.24, 2.45) is 5.92 Å². The highest BCUT2D eigenvalue weighted by Gasteiger charge is 2.45. The number of aliphatic hydroxyl groups is 2. The molecule has 9 nitrogen and oxygen atoms in total. The summed E-state index contributed by atoms with van der Waals surface area (Å²) in [6.07, 6.45) is -0.648. The van der Waals surface area contributed by atoms with Crippen LogP contribution >= 0.6 is 0 Å². The van der Waals surface area contributed by atoms with Crippen LogP contribution in [0.4, 0.5) is 4.39 Å². The second-order valence-corrected chi connectivity index (χ2v) is 5.87. The number of hydrogen-bond donors (Lipinski definition) is 5. The van der Waals surface area contributed by atoms with Gasteiger partial charge in [-0.15, -0.1) is 0 Å². The van der Waals surface area contributed by atoms with Gasteiger partial charge < -0.3 is 30.5 Å². The van der Waals surface area contributed by atoms with Crippen LogP contribution in [0.2, 0.25) is 0 Å². The molecule has 0 radical (unpaired) electrons. The number of ether oxygens (including phenoxy) is 1. The van der Waals surface area contributed by atoms with Crippen molar-refractivity contribution in [3.63, 3.8) is 0 Å². The number of rotatable bonds is 6. The Morgan fingerprint density at radius 2 is 1.92 bits per heavy atom. The largest absolute Gasteiger partial charge is 0.487 e. The highest BCUT2D eigenvalue weighted by molar-refractivity contribution is 5.83. The number of aliphatic hydroxyl groups excluding tert-OH is 2. The Morgan fingerprint density at radius 1 is 1.28 bits per heavy atom. The molecule has 2 fully saturated rings. The Bertz CT molecular complexity index is 602. The molecule has 5 unspecified atom stereocenters. The number of pyridine rings is 1. The number of carboxylic acid groups (broad SMARTS) is 2. The lowest BCUT2D eigenvalue weighted by Crippen LogP contribution is -2.39. The molecule has 10 heteroatoms. The molecule has 1 aromatic heterocycles. The highest BCUT2D eigenvalue weighted by Crippen LogP contribution is 2.40. The van der Waals surface area contributed by atoms with Crippen molar-refractivity contribution < 1.29 is 39.1 Å². The minimum Gasteiger partial charge on any atom is -0.487 e. The molecule has 1 saturated carbocycles. The number of halogens is 1. The second kappa shape index (κ2) is 8.19. The Morgan fingerprint density at radius 3 is 2.40 bits per heavy atom. The van der Waals surface area contributed by atoms with Gasteiger partial charge in [0.25, 0.3) is 5.95 Å². The predicted molar refractivity (Wildman–Crippen MR) is 80.4 cm³/mol. The number of hydrogen-bond acceptors (Lipinski definition) is 7. The van der Waals surface area contributed by atoms with E-state index in [1.165, 1.54) is 12.6 Å². The highest BCUT2D eigenvalue weighted by atomic mass is 19.1. The van der Waals surface area contributed by atoms with Crippen molar-refractivity contribution in [2.75, 3.05) is 6.61 Å². The van der Waals surface area contributed by atoms with Gasteiger partial charge in [0.05, 0.1) is 0 Å². The maximum atomic E-state index is 13.1. The van der Waals surface area contributed by atoms with Gasteiger partial charge in [0.15, 0.2) is 18.0 Å². The number of nitrogens with zero attached hydrogens (tertiary/aromatic N) is 1. The summed E-state index contributed by atoms with van der Waals surface area (Å²) in [6.45, 7) is 0.537. The standard InChI is InChI=1S/C11H13FN2O.C4H6O6/c12-11-10(2-1-3-13-11)15-6-8-4-7-5-9(7)14-8;5-1(3(7)8)2(6)4(9)10/h1-3,7-9,14H,4-6H2;1-2,5-6H,(H,7,8)(H,9,10). The first-order chi connectivity index (χ1) is 11.8. The molecule has 0 spiro atoms. The molecule has 2 aliphatic rings. The van der Waals surface area contributed by atoms with Crippen LogP contribution in [-0.4, -0.2) is 68.2 Å². The second-order valence-electron chi connectivity index (χ2n) is 5.87. The molecule has 5 N–H and O–H groups in total. The fraction of sp³-hybridized carbons (Fsp3) is 0.533. The molecule has 138 valence electrons. The Labute approximate surface area is 142 Å². The third kappa shape index (κ3) is 5.34. The number of aliphatic carboxylic acids is 2. The van der Waals surface area contributed by atoms with Crippen molar-refractivity contribution in [2.45, 2.75) is 37.1 Å². The minimum absolute atomic E-state index is 0.250. The molecule has 5 atom stereocenters. The molecule has 0 bridgehead atoms. The monoisotopic (exact) mass is 358 g/mol. The van der Waals surface area contributed by atoms with E-state index >= 15 is 0 Å². The van der Waals surface area contributed by atoms with Crippen LogP contribution in [0.3, 0.4) is 0 Å². The lowest BCUT2D eigenvalue weighted by atomic mass is 10.2. The molecule has 3 rings (SSSR count). The van der Waals surface area contributed by atoms with Crippen LogP contribution in [0.15, 0.2) is 18.3 Å². The Kier molecular flexibility index (Phi) is 6.23. The van der Waals surface area contributed by atoms with E-state index in [4.69, 9.17) is 25.2 Å². The number of fused-ring (bicyclic) bond motifs is 1. The third-order valence-electron chi connectivity index (χ3n) is 3.93. The summed E-state index contributed by atoms with van der Waals surface area (Å²) < 4.78 is 18.5. The van der Waals surface area contributed by atoms with E-state index in [0.717, 1.165) is 12.3 Å². The zero-order valence-electron chi connectivity index (χ0n) is 13.1. The van der Waals surface area contributed by atoms with Gasteiger partial charge in [-0.25, -0.2) is 14.6 Å². The summed E-state index contributed by atoms with van der Waals surface area (Å²) in [4.78, 5) is 23.1. The van der Waals surface area contributed by atoms with Crippen LogP contribution < -0.4 is 10.1 Å². The summed E-state index contributed by atoms with van der Waals surface area (Å²) in [7, 11) is 0. The maximum absolute atomic E-state index is 13.1. The Hall–Kier alpha value is -2.30. The molecular formula is C15H19FN2O7. The van der Waals surface area contributed by atoms with Crippen molar-refractivity contribution in [3.05, 3.63) is 24.3 Å². The van der Waals surface area contributed by atoms with Crippen LogP contribution in [0.5, 0.6) is 5.75 Å². The van der Waals surface area contributed by atoms with Gasteiger partial charge in [0.2, 0.25) is 0 Å². The normalized spacial score (nSPS) is 25.8. The van der Waals surface area contributed by atoms with E-state index in [9.17, 15) is 14.0 Å². The minimum atomic E-state index is -2.27. The van der Waals surface area contributed by atoms with E-state index in [1.807, 2.05) is 0 Å². The zero-order chi connectivity index (χ0) is 18.6.